The van der Waals surface area contributed by atoms with Gasteiger partial charge in [-0.3, -0.25) is 6.08 Å². The van der Waals surface area contributed by atoms with Gasteiger partial charge in [0, 0.05) is 5.02 Å². The molecule has 0 aliphatic heterocycles. The number of halogens is 2. The molecule has 0 saturated heterocycles. The fraction of sp³-hybridized carbons (Fsp3) is 0.269. The molecule has 4 heteroatoms. The maximum atomic E-state index is 6.27. The van der Waals surface area contributed by atoms with Crippen molar-refractivity contribution in [3.05, 3.63) is 87.4 Å². The van der Waals surface area contributed by atoms with Crippen LogP contribution < -0.4 is 0 Å². The van der Waals surface area contributed by atoms with Crippen LogP contribution >= 0.6 is 23.2 Å². The molecule has 0 nitrogen and oxygen atoms in total. The molecular weight excluding hydrogens is 503 g/mol. The van der Waals surface area contributed by atoms with E-state index in [4.69, 9.17) is 23.2 Å². The molecule has 30 heavy (non-hydrogen) atoms. The number of hydrogen-bond acceptors (Lipinski definition) is 0. The summed E-state index contributed by atoms with van der Waals surface area (Å²) in [6.07, 6.45) is 3.36. The molecule has 1 aliphatic carbocycles. The van der Waals surface area contributed by atoms with Gasteiger partial charge in [0.15, 0.2) is 0 Å². The van der Waals surface area contributed by atoms with E-state index >= 15 is 0 Å². The second kappa shape index (κ2) is 11.7. The Hall–Kier alpha value is -0.790. The second-order valence-electron chi connectivity index (χ2n) is 7.76. The number of fused-ring (bicyclic) bond motifs is 1. The fourth-order valence-corrected chi connectivity index (χ4v) is 3.90. The first-order chi connectivity index (χ1) is 14.1. The predicted octanol–water partition coefficient (Wildman–Crippen LogP) is 9.04. The van der Waals surface area contributed by atoms with Crippen molar-refractivity contribution in [2.45, 2.75) is 40.8 Å². The predicted molar refractivity (Wildman–Crippen MR) is 132 cm³/mol. The standard InChI is InChI=1S/C15H9Cl2.C9H13.C2H6Si.Zr/c16-12-8-11-6-7-13(15(11)14(17)9-12)10-4-2-1-3-5-10;1-6-5-7(2)9(4)8(6)3;1-3-2;/h1-9H;6H,1-4H3;1-2H3;/q2*-1;;+2. The molecule has 154 valence electrons. The third-order valence-corrected chi connectivity index (χ3v) is 5.62. The molecule has 0 N–H and O–H groups in total. The Balaban J connectivity index is 0.000000207. The van der Waals surface area contributed by atoms with Gasteiger partial charge in [-0.25, -0.2) is 5.57 Å². The Bertz CT molecular complexity index is 1090. The minimum Gasteiger partial charge on any atom is -0.147 e. The third kappa shape index (κ3) is 6.86. The maximum absolute atomic E-state index is 6.27. The van der Waals surface area contributed by atoms with Gasteiger partial charge in [-0.05, 0) is 11.1 Å². The van der Waals surface area contributed by atoms with Gasteiger partial charge in [0.25, 0.3) is 0 Å². The molecule has 1 atom stereocenters. The SMILES string of the molecule is CC1=[C-]C(C)C(C)=C1C.C[Si](C)=[Zr+2].Clc1cc(Cl)c2c(-c3ccccc3)c[cH-]c2c1. The summed E-state index contributed by atoms with van der Waals surface area (Å²) in [4.78, 5) is 0. The van der Waals surface area contributed by atoms with E-state index < -0.39 is 0 Å². The first-order valence-corrected chi connectivity index (χ1v) is 17.0. The van der Waals surface area contributed by atoms with Crippen molar-refractivity contribution in [3.63, 3.8) is 0 Å². The zero-order valence-electron chi connectivity index (χ0n) is 18.5. The monoisotopic (exact) mass is 528 g/mol. The molecule has 4 rings (SSSR count). The van der Waals surface area contributed by atoms with E-state index in [-0.39, 0.29) is 5.43 Å². The first-order valence-electron chi connectivity index (χ1n) is 10.0. The third-order valence-electron chi connectivity index (χ3n) is 5.11. The Morgan fingerprint density at radius 3 is 2.10 bits per heavy atom. The van der Waals surface area contributed by atoms with Crippen LogP contribution in [0.3, 0.4) is 0 Å². The van der Waals surface area contributed by atoms with Crippen molar-refractivity contribution in [1.82, 2.24) is 0 Å². The van der Waals surface area contributed by atoms with Gasteiger partial charge >= 0.3 is 41.9 Å². The van der Waals surface area contributed by atoms with Crippen LogP contribution in [-0.4, -0.2) is 5.43 Å². The summed E-state index contributed by atoms with van der Waals surface area (Å²) >= 11 is 14.0. The van der Waals surface area contributed by atoms with Crippen LogP contribution in [0.2, 0.25) is 23.1 Å². The van der Waals surface area contributed by atoms with Crippen molar-refractivity contribution < 1.29 is 23.3 Å². The van der Waals surface area contributed by atoms with Crippen molar-refractivity contribution in [3.8, 4) is 11.1 Å². The van der Waals surface area contributed by atoms with Crippen LogP contribution in [0.1, 0.15) is 27.7 Å². The van der Waals surface area contributed by atoms with E-state index in [0.29, 0.717) is 16.0 Å². The maximum Gasteiger partial charge on any atom is 0.000442 e. The summed E-state index contributed by atoms with van der Waals surface area (Å²) in [6.45, 7) is 13.3. The van der Waals surface area contributed by atoms with Gasteiger partial charge < -0.3 is 0 Å². The molecule has 0 bridgehead atoms. The summed E-state index contributed by atoms with van der Waals surface area (Å²) in [5, 5.41) is 3.53. The molecule has 0 fully saturated rings. The van der Waals surface area contributed by atoms with Crippen molar-refractivity contribution in [2.24, 2.45) is 5.92 Å². The van der Waals surface area contributed by atoms with E-state index in [9.17, 15) is 0 Å². The number of rotatable bonds is 1. The number of benzene rings is 2. The Morgan fingerprint density at radius 1 is 1.03 bits per heavy atom. The van der Waals surface area contributed by atoms with Gasteiger partial charge in [0.2, 0.25) is 0 Å². The normalized spacial score (nSPS) is 15.3. The average Bonchev–Trinajstić information content (AvgIpc) is 3.20. The molecule has 0 saturated carbocycles. The van der Waals surface area contributed by atoms with Crippen molar-refractivity contribution in [2.75, 3.05) is 0 Å². The molecule has 0 spiro atoms. The van der Waals surface area contributed by atoms with Crippen LogP contribution in [0.15, 0.2) is 71.3 Å². The number of hydrogen-bond donors (Lipinski definition) is 0. The molecule has 0 heterocycles. The number of allylic oxidation sites excluding steroid dienone is 4. The Morgan fingerprint density at radius 2 is 1.63 bits per heavy atom. The van der Waals surface area contributed by atoms with Gasteiger partial charge in [-0.15, -0.1) is 41.5 Å². The quantitative estimate of drug-likeness (QED) is 0.217. The topological polar surface area (TPSA) is 0 Å². The zero-order valence-corrected chi connectivity index (χ0v) is 23.5. The Kier molecular flexibility index (Phi) is 9.95. The van der Waals surface area contributed by atoms with E-state index in [0.717, 1.165) is 16.3 Å². The van der Waals surface area contributed by atoms with Crippen LogP contribution in [0.25, 0.3) is 21.9 Å². The van der Waals surface area contributed by atoms with E-state index in [1.165, 1.54) is 22.3 Å². The molecule has 3 aromatic carbocycles. The zero-order chi connectivity index (χ0) is 22.4. The summed E-state index contributed by atoms with van der Waals surface area (Å²) in [5.74, 6) is 0.560. The minimum absolute atomic E-state index is 0.210. The largest absolute Gasteiger partial charge is 0.147 e. The summed E-state index contributed by atoms with van der Waals surface area (Å²) in [5.41, 5.74) is 6.78. The summed E-state index contributed by atoms with van der Waals surface area (Å²) in [7, 11) is 0. The summed E-state index contributed by atoms with van der Waals surface area (Å²) in [6, 6.07) is 18.1. The van der Waals surface area contributed by atoms with E-state index in [1.807, 2.05) is 24.3 Å². The smallest absolute Gasteiger partial charge is 0.000442 e. The van der Waals surface area contributed by atoms with E-state index in [2.05, 4.69) is 71.1 Å². The molecule has 3 aromatic rings. The minimum atomic E-state index is 0.210. The van der Waals surface area contributed by atoms with Gasteiger partial charge in [-0.2, -0.15) is 11.1 Å². The van der Waals surface area contributed by atoms with Crippen molar-refractivity contribution in [1.29, 1.82) is 0 Å². The molecule has 1 unspecified atom stereocenters. The van der Waals surface area contributed by atoms with Gasteiger partial charge in [0.05, 0.1) is 0 Å². The van der Waals surface area contributed by atoms with Gasteiger partial charge in [-0.1, -0.05) is 85.8 Å². The van der Waals surface area contributed by atoms with Crippen LogP contribution in [-0.2, 0) is 23.3 Å². The second-order valence-corrected chi connectivity index (χ2v) is 18.0. The molecule has 0 aromatic heterocycles. The first kappa shape index (κ1) is 25.5. The fourth-order valence-electron chi connectivity index (χ4n) is 3.29. The Labute approximate surface area is 206 Å². The molecular formula is C26H28Cl2SiZr. The van der Waals surface area contributed by atoms with Crippen LogP contribution in [0.4, 0.5) is 0 Å². The average molecular weight is 531 g/mol. The van der Waals surface area contributed by atoms with Crippen LogP contribution in [0.5, 0.6) is 0 Å². The van der Waals surface area contributed by atoms with E-state index in [1.54, 1.807) is 29.4 Å². The molecule has 0 radical (unpaired) electrons. The molecule has 0 amide bonds. The summed E-state index contributed by atoms with van der Waals surface area (Å²) < 4.78 is 0. The van der Waals surface area contributed by atoms with Gasteiger partial charge in [0.1, 0.15) is 0 Å². The van der Waals surface area contributed by atoms with Crippen LogP contribution in [0, 0.1) is 12.0 Å². The molecule has 1 aliphatic rings. The van der Waals surface area contributed by atoms with Crippen molar-refractivity contribution >= 4 is 39.4 Å².